The highest BCUT2D eigenvalue weighted by molar-refractivity contribution is 5.89. The Bertz CT molecular complexity index is 486. The molecule has 1 rings (SSSR count). The highest BCUT2D eigenvalue weighted by atomic mass is 16.4. The Morgan fingerprint density at radius 1 is 1.35 bits per heavy atom. The summed E-state index contributed by atoms with van der Waals surface area (Å²) in [4.78, 5) is 23.1. The van der Waals surface area contributed by atoms with Crippen LogP contribution in [0.4, 0.5) is 0 Å². The van der Waals surface area contributed by atoms with Gasteiger partial charge in [-0.2, -0.15) is 0 Å². The monoisotopic (exact) mass is 280 g/mol. The second-order valence-corrected chi connectivity index (χ2v) is 4.96. The van der Waals surface area contributed by atoms with Gasteiger partial charge in [-0.3, -0.25) is 4.79 Å². The Balaban J connectivity index is 2.67. The van der Waals surface area contributed by atoms with Gasteiger partial charge in [-0.25, -0.2) is 4.79 Å². The van der Waals surface area contributed by atoms with Crippen molar-refractivity contribution in [2.75, 3.05) is 0 Å². The van der Waals surface area contributed by atoms with Crippen LogP contribution >= 0.6 is 0 Å². The van der Waals surface area contributed by atoms with Crippen LogP contribution in [0.25, 0.3) is 0 Å². The van der Waals surface area contributed by atoms with E-state index in [2.05, 4.69) is 5.32 Å². The van der Waals surface area contributed by atoms with E-state index in [1.165, 1.54) is 19.1 Å². The molecule has 0 spiro atoms. The van der Waals surface area contributed by atoms with Gasteiger partial charge in [0.05, 0.1) is 6.04 Å². The molecule has 110 valence electrons. The van der Waals surface area contributed by atoms with Crippen LogP contribution in [0.2, 0.25) is 0 Å². The highest BCUT2D eigenvalue weighted by Gasteiger charge is 2.34. The molecule has 0 aromatic heterocycles. The molecule has 0 radical (unpaired) electrons. The van der Waals surface area contributed by atoms with E-state index in [9.17, 15) is 14.7 Å². The molecule has 0 saturated carbocycles. The van der Waals surface area contributed by atoms with Crippen molar-refractivity contribution in [3.63, 3.8) is 0 Å². The van der Waals surface area contributed by atoms with E-state index in [4.69, 9.17) is 10.8 Å². The average molecular weight is 280 g/mol. The minimum atomic E-state index is -1.32. The molecule has 6 heteroatoms. The number of carboxylic acid groups (broad SMARTS) is 1. The van der Waals surface area contributed by atoms with E-state index in [0.717, 1.165) is 5.56 Å². The first-order valence-corrected chi connectivity index (χ1v) is 6.37. The molecule has 0 fully saturated rings. The van der Waals surface area contributed by atoms with Crippen molar-refractivity contribution in [1.82, 2.24) is 5.32 Å². The smallest absolute Gasteiger partial charge is 0.329 e. The molecule has 0 heterocycles. The number of carboxylic acids is 1. The van der Waals surface area contributed by atoms with Gasteiger partial charge in [0.2, 0.25) is 5.91 Å². The molecule has 0 saturated heterocycles. The summed E-state index contributed by atoms with van der Waals surface area (Å²) in [6, 6.07) is 5.50. The van der Waals surface area contributed by atoms with Crippen LogP contribution in [0.3, 0.4) is 0 Å². The topological polar surface area (TPSA) is 113 Å². The molecule has 1 aromatic carbocycles. The Morgan fingerprint density at radius 3 is 2.35 bits per heavy atom. The molecule has 20 heavy (non-hydrogen) atoms. The number of carbonyl (C=O) groups is 2. The summed E-state index contributed by atoms with van der Waals surface area (Å²) >= 11 is 0. The zero-order valence-corrected chi connectivity index (χ0v) is 11.6. The quantitative estimate of drug-likeness (QED) is 0.610. The molecule has 0 aliphatic heterocycles. The van der Waals surface area contributed by atoms with Crippen LogP contribution in [-0.4, -0.2) is 33.7 Å². The maximum absolute atomic E-state index is 11.9. The normalized spacial score (nSPS) is 15.2. The van der Waals surface area contributed by atoms with Crippen molar-refractivity contribution >= 4 is 11.9 Å². The third-order valence-corrected chi connectivity index (χ3v) is 3.31. The number of amides is 1. The average Bonchev–Trinajstić information content (AvgIpc) is 2.40. The van der Waals surface area contributed by atoms with Gasteiger partial charge in [-0.1, -0.05) is 19.1 Å². The van der Waals surface area contributed by atoms with Crippen LogP contribution in [0.15, 0.2) is 24.3 Å². The minimum absolute atomic E-state index is 0.135. The number of phenolic OH excluding ortho intramolecular Hbond substituents is 1. The van der Waals surface area contributed by atoms with Gasteiger partial charge < -0.3 is 21.3 Å². The molecule has 6 nitrogen and oxygen atoms in total. The molecule has 0 aliphatic rings. The molecule has 1 amide bonds. The van der Waals surface area contributed by atoms with E-state index >= 15 is 0 Å². The molecule has 0 bridgehead atoms. The molecule has 5 N–H and O–H groups in total. The van der Waals surface area contributed by atoms with Gasteiger partial charge in [-0.15, -0.1) is 0 Å². The molecule has 2 atom stereocenters. The van der Waals surface area contributed by atoms with Crippen molar-refractivity contribution in [2.24, 2.45) is 5.73 Å². The van der Waals surface area contributed by atoms with E-state index in [1.807, 2.05) is 0 Å². The summed E-state index contributed by atoms with van der Waals surface area (Å²) in [5.41, 5.74) is 5.26. The van der Waals surface area contributed by atoms with Crippen LogP contribution in [0.5, 0.6) is 5.75 Å². The van der Waals surface area contributed by atoms with Gasteiger partial charge in [0.25, 0.3) is 0 Å². The van der Waals surface area contributed by atoms with Crippen LogP contribution in [0.1, 0.15) is 25.8 Å². The number of hydrogen-bond acceptors (Lipinski definition) is 4. The first-order valence-electron chi connectivity index (χ1n) is 6.37. The fraction of sp³-hybridized carbons (Fsp3) is 0.429. The van der Waals surface area contributed by atoms with Crippen molar-refractivity contribution in [2.45, 2.75) is 38.3 Å². The summed E-state index contributed by atoms with van der Waals surface area (Å²) in [5, 5.41) is 20.7. The van der Waals surface area contributed by atoms with Gasteiger partial charge in [0, 0.05) is 0 Å². The number of aliphatic carboxylic acids is 1. The first kappa shape index (κ1) is 16.0. The lowest BCUT2D eigenvalue weighted by molar-refractivity contribution is -0.147. The summed E-state index contributed by atoms with van der Waals surface area (Å²) in [7, 11) is 0. The second kappa shape index (κ2) is 6.38. The highest BCUT2D eigenvalue weighted by Crippen LogP contribution is 2.12. The predicted octanol–water partition coefficient (Wildman–Crippen LogP) is 0.631. The van der Waals surface area contributed by atoms with Crippen molar-refractivity contribution < 1.29 is 19.8 Å². The lowest BCUT2D eigenvalue weighted by Gasteiger charge is -2.26. The fourth-order valence-corrected chi connectivity index (χ4v) is 1.64. The molecule has 2 unspecified atom stereocenters. The zero-order valence-electron chi connectivity index (χ0n) is 11.6. The Kier molecular flexibility index (Phi) is 5.10. The number of aromatic hydroxyl groups is 1. The number of phenols is 1. The van der Waals surface area contributed by atoms with E-state index < -0.39 is 23.5 Å². The molecular formula is C14H20N2O4. The SMILES string of the molecule is CCC(C)(NC(=O)C(N)Cc1ccc(O)cc1)C(=O)O. The lowest BCUT2D eigenvalue weighted by atomic mass is 9.97. The van der Waals surface area contributed by atoms with Crippen molar-refractivity contribution in [1.29, 1.82) is 0 Å². The Hall–Kier alpha value is -2.08. The van der Waals surface area contributed by atoms with Crippen LogP contribution in [-0.2, 0) is 16.0 Å². The summed E-state index contributed by atoms with van der Waals surface area (Å²) in [6.45, 7) is 3.13. The first-order chi connectivity index (χ1) is 9.28. The summed E-state index contributed by atoms with van der Waals surface area (Å²) in [5.74, 6) is -1.47. The summed E-state index contributed by atoms with van der Waals surface area (Å²) in [6.07, 6.45) is 0.533. The predicted molar refractivity (Wildman–Crippen MR) is 74.3 cm³/mol. The minimum Gasteiger partial charge on any atom is -0.508 e. The number of rotatable bonds is 6. The van der Waals surface area contributed by atoms with Crippen LogP contribution in [0, 0.1) is 0 Å². The van der Waals surface area contributed by atoms with E-state index in [1.54, 1.807) is 19.1 Å². The second-order valence-electron chi connectivity index (χ2n) is 4.96. The number of benzene rings is 1. The van der Waals surface area contributed by atoms with Gasteiger partial charge in [0.15, 0.2) is 0 Å². The maximum Gasteiger partial charge on any atom is 0.329 e. The van der Waals surface area contributed by atoms with Gasteiger partial charge in [-0.05, 0) is 37.5 Å². The van der Waals surface area contributed by atoms with Gasteiger partial charge >= 0.3 is 5.97 Å². The molecule has 1 aromatic rings. The standard InChI is InChI=1S/C14H20N2O4/c1-3-14(2,13(19)20)16-12(18)11(15)8-9-4-6-10(17)7-5-9/h4-7,11,17H,3,8,15H2,1-2H3,(H,16,18)(H,19,20). The lowest BCUT2D eigenvalue weighted by Crippen LogP contribution is -2.56. The third kappa shape index (κ3) is 3.96. The zero-order chi connectivity index (χ0) is 15.3. The third-order valence-electron chi connectivity index (χ3n) is 3.31. The van der Waals surface area contributed by atoms with Gasteiger partial charge in [0.1, 0.15) is 11.3 Å². The maximum atomic E-state index is 11.9. The molecule has 0 aliphatic carbocycles. The molecular weight excluding hydrogens is 260 g/mol. The summed E-state index contributed by atoms with van der Waals surface area (Å²) < 4.78 is 0. The number of nitrogens with one attached hydrogen (secondary N) is 1. The Labute approximate surface area is 117 Å². The van der Waals surface area contributed by atoms with E-state index in [0.29, 0.717) is 0 Å². The Morgan fingerprint density at radius 2 is 1.90 bits per heavy atom. The number of hydrogen-bond donors (Lipinski definition) is 4. The number of carbonyl (C=O) groups excluding carboxylic acids is 1. The largest absolute Gasteiger partial charge is 0.508 e. The fourth-order valence-electron chi connectivity index (χ4n) is 1.64. The van der Waals surface area contributed by atoms with Crippen LogP contribution < -0.4 is 11.1 Å². The van der Waals surface area contributed by atoms with Crippen molar-refractivity contribution in [3.05, 3.63) is 29.8 Å². The van der Waals surface area contributed by atoms with Crippen molar-refractivity contribution in [3.8, 4) is 5.75 Å². The van der Waals surface area contributed by atoms with E-state index in [-0.39, 0.29) is 18.6 Å². The number of nitrogens with two attached hydrogens (primary N) is 1.